The molecule has 0 atom stereocenters. The molecule has 0 aliphatic heterocycles. The van der Waals surface area contributed by atoms with Gasteiger partial charge in [-0.2, -0.15) is 0 Å². The van der Waals surface area contributed by atoms with E-state index < -0.39 is 9.84 Å². The number of primary amides is 1. The minimum absolute atomic E-state index is 0.0327. The molecule has 1 aromatic rings. The Kier molecular flexibility index (Phi) is 3.41. The van der Waals surface area contributed by atoms with Gasteiger partial charge in [0.15, 0.2) is 14.9 Å². The van der Waals surface area contributed by atoms with Crippen molar-refractivity contribution in [2.75, 3.05) is 6.26 Å². The zero-order valence-corrected chi connectivity index (χ0v) is 9.12. The van der Waals surface area contributed by atoms with Crippen molar-refractivity contribution in [1.82, 2.24) is 4.98 Å². The van der Waals surface area contributed by atoms with Crippen molar-refractivity contribution in [2.24, 2.45) is 5.73 Å². The number of aryl methyl sites for hydroxylation is 1. The van der Waals surface area contributed by atoms with E-state index in [2.05, 4.69) is 4.98 Å². The number of pyridine rings is 1. The summed E-state index contributed by atoms with van der Waals surface area (Å²) in [5.74, 6) is -0.387. The highest BCUT2D eigenvalue weighted by atomic mass is 32.2. The first kappa shape index (κ1) is 11.6. The SMILES string of the molecule is CS(=O)(=O)c1ccc(CCC(N)=O)cn1. The van der Waals surface area contributed by atoms with Crippen LogP contribution in [0.3, 0.4) is 0 Å². The first-order valence-corrected chi connectivity index (χ1v) is 6.22. The third-order valence-electron chi connectivity index (χ3n) is 1.84. The molecule has 1 aromatic heterocycles. The number of nitrogens with two attached hydrogens (primary N) is 1. The summed E-state index contributed by atoms with van der Waals surface area (Å²) < 4.78 is 22.1. The molecule has 0 unspecified atom stereocenters. The van der Waals surface area contributed by atoms with E-state index in [0.717, 1.165) is 11.8 Å². The molecule has 1 amide bonds. The van der Waals surface area contributed by atoms with Crippen molar-refractivity contribution >= 4 is 15.7 Å². The lowest BCUT2D eigenvalue weighted by molar-refractivity contribution is -0.117. The van der Waals surface area contributed by atoms with Gasteiger partial charge >= 0.3 is 0 Å². The second-order valence-electron chi connectivity index (χ2n) is 3.24. The third-order valence-corrected chi connectivity index (χ3v) is 2.84. The fourth-order valence-corrected chi connectivity index (χ4v) is 1.61. The number of sulfone groups is 1. The topological polar surface area (TPSA) is 90.1 Å². The second-order valence-corrected chi connectivity index (χ2v) is 5.21. The highest BCUT2D eigenvalue weighted by Crippen LogP contribution is 2.07. The predicted molar refractivity (Wildman–Crippen MR) is 54.9 cm³/mol. The Balaban J connectivity index is 2.77. The maximum Gasteiger partial charge on any atom is 0.217 e. The van der Waals surface area contributed by atoms with Crippen LogP contribution in [0.25, 0.3) is 0 Å². The van der Waals surface area contributed by atoms with Gasteiger partial charge in [0.2, 0.25) is 5.91 Å². The monoisotopic (exact) mass is 228 g/mol. The summed E-state index contributed by atoms with van der Waals surface area (Å²) >= 11 is 0. The lowest BCUT2D eigenvalue weighted by atomic mass is 10.1. The van der Waals surface area contributed by atoms with Gasteiger partial charge in [-0.25, -0.2) is 13.4 Å². The molecule has 0 bridgehead atoms. The fourth-order valence-electron chi connectivity index (χ4n) is 1.05. The molecule has 82 valence electrons. The Labute approximate surface area is 88.2 Å². The molecule has 5 nitrogen and oxygen atoms in total. The van der Waals surface area contributed by atoms with Crippen molar-refractivity contribution in [1.29, 1.82) is 0 Å². The van der Waals surface area contributed by atoms with Crippen LogP contribution < -0.4 is 5.73 Å². The van der Waals surface area contributed by atoms with Gasteiger partial charge in [-0.3, -0.25) is 4.79 Å². The molecule has 1 rings (SSSR count). The van der Waals surface area contributed by atoms with Crippen LogP contribution in [0.4, 0.5) is 0 Å². The van der Waals surface area contributed by atoms with Gasteiger partial charge in [0, 0.05) is 18.9 Å². The van der Waals surface area contributed by atoms with E-state index >= 15 is 0 Å². The molecule has 0 radical (unpaired) electrons. The minimum atomic E-state index is -3.25. The quantitative estimate of drug-likeness (QED) is 0.779. The standard InChI is InChI=1S/C9H12N2O3S/c1-15(13,14)9-5-3-7(6-11-9)2-4-8(10)12/h3,5-6H,2,4H2,1H3,(H2,10,12). The summed E-state index contributed by atoms with van der Waals surface area (Å²) in [4.78, 5) is 14.3. The smallest absolute Gasteiger partial charge is 0.217 e. The first-order chi connectivity index (χ1) is 6.89. The summed E-state index contributed by atoms with van der Waals surface area (Å²) in [5, 5.41) is 0.0327. The zero-order valence-electron chi connectivity index (χ0n) is 8.30. The number of hydrogen-bond acceptors (Lipinski definition) is 4. The molecule has 2 N–H and O–H groups in total. The maximum absolute atomic E-state index is 11.1. The minimum Gasteiger partial charge on any atom is -0.370 e. The van der Waals surface area contributed by atoms with Crippen molar-refractivity contribution in [3.05, 3.63) is 23.9 Å². The van der Waals surface area contributed by atoms with Gasteiger partial charge in [-0.15, -0.1) is 0 Å². The van der Waals surface area contributed by atoms with Crippen molar-refractivity contribution in [3.8, 4) is 0 Å². The molecule has 6 heteroatoms. The van der Waals surface area contributed by atoms with Gasteiger partial charge < -0.3 is 5.73 Å². The first-order valence-electron chi connectivity index (χ1n) is 4.33. The molecule has 0 aliphatic carbocycles. The molecule has 0 aromatic carbocycles. The molecule has 0 saturated carbocycles. The Bertz CT molecular complexity index is 451. The largest absolute Gasteiger partial charge is 0.370 e. The molecule has 0 aliphatic rings. The van der Waals surface area contributed by atoms with Crippen LogP contribution in [0.5, 0.6) is 0 Å². The average Bonchev–Trinajstić information content (AvgIpc) is 2.14. The van der Waals surface area contributed by atoms with E-state index in [9.17, 15) is 13.2 Å². The van der Waals surface area contributed by atoms with Crippen molar-refractivity contribution < 1.29 is 13.2 Å². The normalized spacial score (nSPS) is 11.3. The van der Waals surface area contributed by atoms with Crippen molar-refractivity contribution in [3.63, 3.8) is 0 Å². The van der Waals surface area contributed by atoms with Crippen LogP contribution >= 0.6 is 0 Å². The molecule has 0 spiro atoms. The number of aromatic nitrogens is 1. The van der Waals surface area contributed by atoms with E-state index in [1.54, 1.807) is 6.07 Å². The van der Waals surface area contributed by atoms with E-state index in [1.165, 1.54) is 12.3 Å². The molecule has 0 fully saturated rings. The van der Waals surface area contributed by atoms with Crippen LogP contribution in [0.15, 0.2) is 23.4 Å². The van der Waals surface area contributed by atoms with E-state index in [-0.39, 0.29) is 17.4 Å². The van der Waals surface area contributed by atoms with E-state index in [1.807, 2.05) is 0 Å². The number of amides is 1. The van der Waals surface area contributed by atoms with E-state index in [0.29, 0.717) is 6.42 Å². The summed E-state index contributed by atoms with van der Waals surface area (Å²) in [5.41, 5.74) is 5.78. The molecule has 1 heterocycles. The number of hydrogen-bond donors (Lipinski definition) is 1. The van der Waals surface area contributed by atoms with Gasteiger partial charge in [-0.1, -0.05) is 6.07 Å². The molecule has 15 heavy (non-hydrogen) atoms. The van der Waals surface area contributed by atoms with E-state index in [4.69, 9.17) is 5.73 Å². The van der Waals surface area contributed by atoms with Gasteiger partial charge in [0.05, 0.1) is 0 Å². The maximum atomic E-state index is 11.1. The fraction of sp³-hybridized carbons (Fsp3) is 0.333. The number of carbonyl (C=O) groups is 1. The highest BCUT2D eigenvalue weighted by molar-refractivity contribution is 7.90. The Hall–Kier alpha value is -1.43. The molecular weight excluding hydrogens is 216 g/mol. The number of carbonyl (C=O) groups excluding carboxylic acids is 1. The Morgan fingerprint density at radius 2 is 2.13 bits per heavy atom. The third kappa shape index (κ3) is 3.67. The summed E-state index contributed by atoms with van der Waals surface area (Å²) in [6.45, 7) is 0. The average molecular weight is 228 g/mol. The molecular formula is C9H12N2O3S. The Morgan fingerprint density at radius 3 is 2.53 bits per heavy atom. The number of rotatable bonds is 4. The molecule has 0 saturated heterocycles. The summed E-state index contributed by atoms with van der Waals surface area (Å²) in [7, 11) is -3.25. The predicted octanol–water partition coefficient (Wildman–Crippen LogP) is -0.0970. The lowest BCUT2D eigenvalue weighted by Crippen LogP contribution is -2.11. The van der Waals surface area contributed by atoms with Crippen LogP contribution in [-0.2, 0) is 21.1 Å². The van der Waals surface area contributed by atoms with Crippen LogP contribution in [0.1, 0.15) is 12.0 Å². The summed E-state index contributed by atoms with van der Waals surface area (Å²) in [6, 6.07) is 3.05. The second kappa shape index (κ2) is 4.39. The van der Waals surface area contributed by atoms with Crippen LogP contribution in [0, 0.1) is 0 Å². The zero-order chi connectivity index (χ0) is 11.5. The lowest BCUT2D eigenvalue weighted by Gasteiger charge is -2.00. The van der Waals surface area contributed by atoms with Gasteiger partial charge in [0.25, 0.3) is 0 Å². The van der Waals surface area contributed by atoms with Crippen molar-refractivity contribution in [2.45, 2.75) is 17.9 Å². The Morgan fingerprint density at radius 1 is 1.47 bits per heavy atom. The van der Waals surface area contributed by atoms with Crippen LogP contribution in [-0.4, -0.2) is 25.6 Å². The van der Waals surface area contributed by atoms with Gasteiger partial charge in [0.1, 0.15) is 0 Å². The number of nitrogens with zero attached hydrogens (tertiary/aromatic N) is 1. The van der Waals surface area contributed by atoms with Gasteiger partial charge in [-0.05, 0) is 18.1 Å². The van der Waals surface area contributed by atoms with Crippen LogP contribution in [0.2, 0.25) is 0 Å². The highest BCUT2D eigenvalue weighted by Gasteiger charge is 2.07. The summed E-state index contributed by atoms with van der Waals surface area (Å²) in [6.07, 6.45) is 3.25.